The molecule has 3 saturated carbocycles. The van der Waals surface area contributed by atoms with E-state index in [0.717, 1.165) is 58.2 Å². The summed E-state index contributed by atoms with van der Waals surface area (Å²) in [7, 11) is 2.14. The number of amides is 5. The maximum atomic E-state index is 14.9. The summed E-state index contributed by atoms with van der Waals surface area (Å²) in [6.45, 7) is 25.0. The molecule has 5 atom stereocenters. The van der Waals surface area contributed by atoms with Crippen LogP contribution in [0.1, 0.15) is 121 Å². The van der Waals surface area contributed by atoms with E-state index in [9.17, 15) is 24.0 Å². The van der Waals surface area contributed by atoms with E-state index in [0.29, 0.717) is 25.9 Å². The van der Waals surface area contributed by atoms with Gasteiger partial charge in [0.25, 0.3) is 5.91 Å². The predicted octanol–water partition coefficient (Wildman–Crippen LogP) is 3.67. The van der Waals surface area contributed by atoms with Crippen molar-refractivity contribution >= 4 is 29.5 Å². The van der Waals surface area contributed by atoms with E-state index in [1.807, 2.05) is 20.8 Å². The van der Waals surface area contributed by atoms with E-state index in [1.54, 1.807) is 4.90 Å². The second-order valence-corrected chi connectivity index (χ2v) is 20.5. The first-order chi connectivity index (χ1) is 23.9. The van der Waals surface area contributed by atoms with Crippen molar-refractivity contribution in [2.24, 2.45) is 38.7 Å². The number of nitrogens with one attached hydrogen (secondary N) is 3. The van der Waals surface area contributed by atoms with Gasteiger partial charge in [0.15, 0.2) is 0 Å². The molecule has 0 aromatic heterocycles. The Hall–Kier alpha value is -2.73. The average Bonchev–Trinajstić information content (AvgIpc) is 3.19. The van der Waals surface area contributed by atoms with E-state index < -0.39 is 47.2 Å². The number of nitrogens with two attached hydrogens (primary N) is 1. The van der Waals surface area contributed by atoms with Crippen molar-refractivity contribution in [3.63, 3.8) is 0 Å². The van der Waals surface area contributed by atoms with Crippen molar-refractivity contribution < 1.29 is 24.0 Å². The van der Waals surface area contributed by atoms with Crippen molar-refractivity contribution in [1.82, 2.24) is 30.7 Å². The lowest BCUT2D eigenvalue weighted by atomic mass is 9.73. The van der Waals surface area contributed by atoms with Gasteiger partial charge >= 0.3 is 6.03 Å². The quantitative estimate of drug-likeness (QED) is 0.237. The molecule has 5 aliphatic rings. The van der Waals surface area contributed by atoms with E-state index in [1.165, 1.54) is 0 Å². The number of likely N-dealkylation sites (N-methyl/N-ethyl adjacent to an activating group) is 1. The molecule has 3 aliphatic carbocycles. The lowest BCUT2D eigenvalue weighted by Gasteiger charge is -2.49. The second kappa shape index (κ2) is 13.8. The molecule has 2 spiro atoms. The highest BCUT2D eigenvalue weighted by Gasteiger charge is 2.85. The highest BCUT2D eigenvalue weighted by atomic mass is 16.2. The lowest BCUT2D eigenvalue weighted by Crippen LogP contribution is -2.64. The van der Waals surface area contributed by atoms with Crippen molar-refractivity contribution in [2.75, 3.05) is 39.8 Å². The van der Waals surface area contributed by atoms with Crippen LogP contribution in [0.5, 0.6) is 0 Å². The number of hydrogen-bond acceptors (Lipinski definition) is 7. The minimum atomic E-state index is -1.06. The number of carbonyl (C=O) groups excluding carboxylic acids is 5. The third-order valence-corrected chi connectivity index (χ3v) is 14.5. The lowest BCUT2D eigenvalue weighted by molar-refractivity contribution is -0.143. The summed E-state index contributed by atoms with van der Waals surface area (Å²) in [5, 5.41) is 9.23. The zero-order valence-electron chi connectivity index (χ0n) is 34.0. The van der Waals surface area contributed by atoms with Crippen LogP contribution in [0, 0.1) is 33.0 Å². The highest BCUT2D eigenvalue weighted by molar-refractivity contribution is 6.37. The molecule has 2 heterocycles. The highest BCUT2D eigenvalue weighted by Crippen LogP contribution is 2.88. The van der Waals surface area contributed by atoms with Gasteiger partial charge in [-0.3, -0.25) is 24.1 Å². The summed E-state index contributed by atoms with van der Waals surface area (Å²) >= 11 is 0. The molecular weight excluding hydrogens is 658 g/mol. The molecule has 0 bridgehead atoms. The van der Waals surface area contributed by atoms with Crippen LogP contribution in [0.15, 0.2) is 0 Å². The molecule has 5 amide bonds. The Labute approximate surface area is 312 Å². The fourth-order valence-electron chi connectivity index (χ4n) is 10.5. The molecule has 294 valence electrons. The molecule has 0 aromatic rings. The summed E-state index contributed by atoms with van der Waals surface area (Å²) in [5.74, 6) is -2.35. The number of rotatable bonds is 11. The van der Waals surface area contributed by atoms with Crippen LogP contribution in [-0.2, 0) is 19.2 Å². The molecule has 2 aliphatic heterocycles. The van der Waals surface area contributed by atoms with Crippen LogP contribution in [0.4, 0.5) is 4.79 Å². The van der Waals surface area contributed by atoms with Gasteiger partial charge in [0.1, 0.15) is 12.1 Å². The first kappa shape index (κ1) is 40.5. The molecule has 12 heteroatoms. The van der Waals surface area contributed by atoms with Gasteiger partial charge in [-0.1, -0.05) is 81.1 Å². The second-order valence-electron chi connectivity index (χ2n) is 20.5. The SMILES string of the molecule is CN1CCN(C[C@@H](NC(=O)N[C@H](C(=O)N2C[C@]3(C[C@H]2C(=O)NC(CC2CCC2)C(=O)C(N)=O)C(C)(C)C32CCC2)C(C)(C)C)C(C)(C)C)C(C)(C)C1. The van der Waals surface area contributed by atoms with Crippen molar-refractivity contribution in [3.8, 4) is 0 Å². The van der Waals surface area contributed by atoms with Crippen LogP contribution in [0.25, 0.3) is 0 Å². The van der Waals surface area contributed by atoms with Crippen LogP contribution >= 0.6 is 0 Å². The molecular formula is C40H69N7O5. The zero-order chi connectivity index (χ0) is 38.8. The Morgan fingerprint density at radius 1 is 0.827 bits per heavy atom. The zero-order valence-corrected chi connectivity index (χ0v) is 34.0. The summed E-state index contributed by atoms with van der Waals surface area (Å²) < 4.78 is 0. The van der Waals surface area contributed by atoms with Gasteiger partial charge in [0.2, 0.25) is 17.6 Å². The summed E-state index contributed by atoms with van der Waals surface area (Å²) in [4.78, 5) is 74.7. The molecule has 0 radical (unpaired) electrons. The van der Waals surface area contributed by atoms with E-state index in [-0.39, 0.29) is 45.1 Å². The molecule has 5 N–H and O–H groups in total. The first-order valence-electron chi connectivity index (χ1n) is 19.8. The van der Waals surface area contributed by atoms with Crippen LogP contribution in [-0.4, -0.2) is 114 Å². The van der Waals surface area contributed by atoms with Gasteiger partial charge in [-0.15, -0.1) is 0 Å². The Morgan fingerprint density at radius 2 is 1.46 bits per heavy atom. The number of ketones is 1. The molecule has 12 nitrogen and oxygen atoms in total. The van der Waals surface area contributed by atoms with Gasteiger partial charge < -0.3 is 31.5 Å². The van der Waals surface area contributed by atoms with Crippen LogP contribution in [0.3, 0.4) is 0 Å². The first-order valence-corrected chi connectivity index (χ1v) is 19.8. The fourth-order valence-corrected chi connectivity index (χ4v) is 10.5. The van der Waals surface area contributed by atoms with Crippen molar-refractivity contribution in [1.29, 1.82) is 0 Å². The number of urea groups is 1. The van der Waals surface area contributed by atoms with Crippen LogP contribution < -0.4 is 21.7 Å². The number of nitrogens with zero attached hydrogens (tertiary/aromatic N) is 3. The van der Waals surface area contributed by atoms with Crippen LogP contribution in [0.2, 0.25) is 0 Å². The van der Waals surface area contributed by atoms with Crippen molar-refractivity contribution in [3.05, 3.63) is 0 Å². The topological polar surface area (TPSA) is 157 Å². The van der Waals surface area contributed by atoms with Gasteiger partial charge in [0.05, 0.1) is 6.04 Å². The largest absolute Gasteiger partial charge is 0.363 e. The maximum Gasteiger partial charge on any atom is 0.315 e. The van der Waals surface area contributed by atoms with E-state index in [4.69, 9.17) is 5.73 Å². The van der Waals surface area contributed by atoms with E-state index >= 15 is 0 Å². The monoisotopic (exact) mass is 728 g/mol. The van der Waals surface area contributed by atoms with Gasteiger partial charge in [-0.05, 0) is 74.2 Å². The van der Waals surface area contributed by atoms with Gasteiger partial charge in [-0.25, -0.2) is 4.79 Å². The third-order valence-electron chi connectivity index (χ3n) is 14.5. The Kier molecular flexibility index (Phi) is 10.8. The number of hydrogen-bond donors (Lipinski definition) is 4. The Balaban J connectivity index is 1.38. The van der Waals surface area contributed by atoms with Gasteiger partial charge in [-0.2, -0.15) is 0 Å². The number of piperazine rings is 1. The van der Waals surface area contributed by atoms with E-state index in [2.05, 4.69) is 81.3 Å². The standard InChI is InChI=1S/C40H69N7O5/c1-35(2,3)28(22-46-19-18-45(11)23-37(46,7)8)43-34(52)44-30(36(4,5)6)33(51)47-24-40(38(9,10)39(40)16-13-17-39)21-27(47)32(50)42-26(29(48)31(41)49)20-25-14-12-15-25/h25-28,30H,12-24H2,1-11H3,(H2,41,49)(H,42,50)(H2,43,44,52)/t26?,27-,28+,30+,40+/m0/s1. The summed E-state index contributed by atoms with van der Waals surface area (Å²) in [5.41, 5.74) is 4.18. The Bertz CT molecular complexity index is 1420. The van der Waals surface area contributed by atoms with Crippen molar-refractivity contribution in [2.45, 2.75) is 150 Å². The number of fused-ring (bicyclic) bond motifs is 1. The number of Topliss-reactive ketones (excluding diaryl/α,β-unsaturated/α-hetero) is 1. The molecule has 5 rings (SSSR count). The van der Waals surface area contributed by atoms with Gasteiger partial charge in [0, 0.05) is 49.7 Å². The normalized spacial score (nSPS) is 28.7. The summed E-state index contributed by atoms with van der Waals surface area (Å²) in [6.07, 6.45) is 7.02. The number of primary amides is 1. The molecule has 0 aromatic carbocycles. The third kappa shape index (κ3) is 7.23. The molecule has 2 saturated heterocycles. The molecule has 52 heavy (non-hydrogen) atoms. The fraction of sp³-hybridized carbons (Fsp3) is 0.875. The maximum absolute atomic E-state index is 14.9. The Morgan fingerprint density at radius 3 is 1.92 bits per heavy atom. The smallest absolute Gasteiger partial charge is 0.315 e. The molecule has 1 unspecified atom stereocenters. The summed E-state index contributed by atoms with van der Waals surface area (Å²) in [6, 6.07) is -3.38. The molecule has 5 fully saturated rings. The number of likely N-dealkylation sites (tertiary alicyclic amines) is 1. The minimum absolute atomic E-state index is 0.0565. The number of carbonyl (C=O) groups is 5. The average molecular weight is 728 g/mol. The minimum Gasteiger partial charge on any atom is -0.363 e. The predicted molar refractivity (Wildman–Crippen MR) is 202 cm³/mol.